The van der Waals surface area contributed by atoms with Gasteiger partial charge in [-0.05, 0) is 24.7 Å². The normalized spacial score (nSPS) is 50.6. The Morgan fingerprint density at radius 2 is 2.50 bits per heavy atom. The van der Waals surface area contributed by atoms with E-state index in [0.717, 1.165) is 5.92 Å². The quantitative estimate of drug-likeness (QED) is 0.545. The van der Waals surface area contributed by atoms with E-state index in [1.165, 1.54) is 12.8 Å². The zero-order chi connectivity index (χ0) is 7.19. The van der Waals surface area contributed by atoms with Crippen LogP contribution in [0.3, 0.4) is 0 Å². The number of aliphatic hydroxyl groups is 1. The molecule has 0 heterocycles. The topological polar surface area (TPSA) is 20.2 Å². The van der Waals surface area contributed by atoms with Gasteiger partial charge < -0.3 is 5.11 Å². The summed E-state index contributed by atoms with van der Waals surface area (Å²) in [6.45, 7) is 2.60. The van der Waals surface area contributed by atoms with Crippen molar-refractivity contribution in [3.8, 4) is 0 Å². The predicted molar refractivity (Wildman–Crippen MR) is 40.5 cm³/mol. The van der Waals surface area contributed by atoms with Gasteiger partial charge in [0.25, 0.3) is 0 Å². The highest BCUT2D eigenvalue weighted by Crippen LogP contribution is 2.52. The molecule has 10 heavy (non-hydrogen) atoms. The lowest BCUT2D eigenvalue weighted by molar-refractivity contribution is 0.140. The van der Waals surface area contributed by atoms with E-state index < -0.39 is 0 Å². The molecule has 0 amide bonds. The lowest BCUT2D eigenvalue weighted by atomic mass is 9.80. The molecule has 0 aromatic heterocycles. The number of rotatable bonds is 1. The standard InChI is InChI=1S/C9H14O/c1-7-4-8-2-3-9(7,5-8)6-10/h2-3,7-8,10H,4-6H2,1H3. The molecule has 0 spiro atoms. The van der Waals surface area contributed by atoms with E-state index >= 15 is 0 Å². The number of fused-ring (bicyclic) bond motifs is 2. The molecule has 1 fully saturated rings. The smallest absolute Gasteiger partial charge is 0.0524 e. The highest BCUT2D eigenvalue weighted by Gasteiger charge is 2.45. The van der Waals surface area contributed by atoms with Gasteiger partial charge in [-0.25, -0.2) is 0 Å². The molecule has 0 aromatic carbocycles. The van der Waals surface area contributed by atoms with Crippen LogP contribution in [0.15, 0.2) is 12.2 Å². The third-order valence-corrected chi connectivity index (χ3v) is 3.27. The zero-order valence-electron chi connectivity index (χ0n) is 6.38. The van der Waals surface area contributed by atoms with Crippen molar-refractivity contribution in [1.29, 1.82) is 0 Å². The van der Waals surface area contributed by atoms with Gasteiger partial charge in [0.15, 0.2) is 0 Å². The third-order valence-electron chi connectivity index (χ3n) is 3.27. The van der Waals surface area contributed by atoms with Crippen molar-refractivity contribution < 1.29 is 5.11 Å². The number of allylic oxidation sites excluding steroid dienone is 1. The lowest BCUT2D eigenvalue weighted by Gasteiger charge is -2.26. The molecule has 56 valence electrons. The minimum Gasteiger partial charge on any atom is -0.395 e. The molecular weight excluding hydrogens is 124 g/mol. The molecule has 2 rings (SSSR count). The summed E-state index contributed by atoms with van der Waals surface area (Å²) in [5.74, 6) is 1.48. The van der Waals surface area contributed by atoms with Crippen LogP contribution in [0.25, 0.3) is 0 Å². The Morgan fingerprint density at radius 1 is 1.70 bits per heavy atom. The van der Waals surface area contributed by atoms with E-state index in [0.29, 0.717) is 12.5 Å². The summed E-state index contributed by atoms with van der Waals surface area (Å²) in [5.41, 5.74) is 0.185. The lowest BCUT2D eigenvalue weighted by Crippen LogP contribution is -2.24. The Kier molecular flexibility index (Phi) is 1.19. The number of hydrogen-bond donors (Lipinski definition) is 1. The predicted octanol–water partition coefficient (Wildman–Crippen LogP) is 1.58. The Balaban J connectivity index is 2.28. The van der Waals surface area contributed by atoms with Crippen LogP contribution in [0.4, 0.5) is 0 Å². The minimum absolute atomic E-state index is 0.185. The molecule has 1 heteroatoms. The first kappa shape index (κ1) is 6.41. The maximum Gasteiger partial charge on any atom is 0.0524 e. The molecule has 2 aliphatic rings. The van der Waals surface area contributed by atoms with Crippen LogP contribution in [0.2, 0.25) is 0 Å². The summed E-state index contributed by atoms with van der Waals surface area (Å²) in [4.78, 5) is 0. The van der Waals surface area contributed by atoms with Crippen LogP contribution in [0.5, 0.6) is 0 Å². The molecule has 3 atom stereocenters. The van der Waals surface area contributed by atoms with Crippen LogP contribution in [0, 0.1) is 17.3 Å². The van der Waals surface area contributed by atoms with Crippen molar-refractivity contribution in [2.45, 2.75) is 19.8 Å². The molecule has 2 aliphatic carbocycles. The second-order valence-corrected chi connectivity index (χ2v) is 3.85. The molecule has 1 N–H and O–H groups in total. The largest absolute Gasteiger partial charge is 0.395 e. The van der Waals surface area contributed by atoms with Gasteiger partial charge in [0, 0.05) is 5.41 Å². The van der Waals surface area contributed by atoms with Crippen LogP contribution in [-0.4, -0.2) is 11.7 Å². The fourth-order valence-corrected chi connectivity index (χ4v) is 2.44. The monoisotopic (exact) mass is 138 g/mol. The highest BCUT2D eigenvalue weighted by atomic mass is 16.3. The van der Waals surface area contributed by atoms with Gasteiger partial charge in [-0.15, -0.1) is 0 Å². The molecule has 0 saturated heterocycles. The Hall–Kier alpha value is -0.300. The van der Waals surface area contributed by atoms with Crippen molar-refractivity contribution in [2.75, 3.05) is 6.61 Å². The molecule has 0 aliphatic heterocycles. The van der Waals surface area contributed by atoms with Crippen molar-refractivity contribution in [3.05, 3.63) is 12.2 Å². The van der Waals surface area contributed by atoms with Gasteiger partial charge in [0.2, 0.25) is 0 Å². The average Bonchev–Trinajstić information content (AvgIpc) is 2.44. The van der Waals surface area contributed by atoms with E-state index in [9.17, 15) is 0 Å². The maximum atomic E-state index is 9.16. The SMILES string of the molecule is CC1CC2C=CC1(CO)C2. The Morgan fingerprint density at radius 3 is 2.80 bits per heavy atom. The Bertz CT molecular complexity index is 174. The average molecular weight is 138 g/mol. The first-order valence-corrected chi connectivity index (χ1v) is 4.07. The third kappa shape index (κ3) is 0.615. The van der Waals surface area contributed by atoms with E-state index in [-0.39, 0.29) is 5.41 Å². The highest BCUT2D eigenvalue weighted by molar-refractivity contribution is 5.17. The van der Waals surface area contributed by atoms with Crippen molar-refractivity contribution >= 4 is 0 Å². The molecule has 0 radical (unpaired) electrons. The Labute approximate surface area is 61.8 Å². The zero-order valence-corrected chi connectivity index (χ0v) is 6.38. The van der Waals surface area contributed by atoms with Gasteiger partial charge >= 0.3 is 0 Å². The van der Waals surface area contributed by atoms with Crippen LogP contribution < -0.4 is 0 Å². The van der Waals surface area contributed by atoms with E-state index in [1.54, 1.807) is 0 Å². The summed E-state index contributed by atoms with van der Waals surface area (Å²) in [6, 6.07) is 0. The number of hydrogen-bond acceptors (Lipinski definition) is 1. The molecule has 1 saturated carbocycles. The van der Waals surface area contributed by atoms with Crippen molar-refractivity contribution in [2.24, 2.45) is 17.3 Å². The molecule has 3 unspecified atom stereocenters. The van der Waals surface area contributed by atoms with Crippen molar-refractivity contribution in [3.63, 3.8) is 0 Å². The fourth-order valence-electron chi connectivity index (χ4n) is 2.44. The van der Waals surface area contributed by atoms with E-state index in [2.05, 4.69) is 19.1 Å². The molecule has 0 aromatic rings. The molecule has 1 nitrogen and oxygen atoms in total. The summed E-state index contributed by atoms with van der Waals surface area (Å²) in [6.07, 6.45) is 6.99. The summed E-state index contributed by atoms with van der Waals surface area (Å²) in [5, 5.41) is 9.16. The first-order chi connectivity index (χ1) is 4.77. The second-order valence-electron chi connectivity index (χ2n) is 3.85. The van der Waals surface area contributed by atoms with E-state index in [4.69, 9.17) is 5.11 Å². The maximum absolute atomic E-state index is 9.16. The van der Waals surface area contributed by atoms with Gasteiger partial charge in [0.05, 0.1) is 6.61 Å². The molecular formula is C9H14O. The van der Waals surface area contributed by atoms with Crippen LogP contribution >= 0.6 is 0 Å². The number of aliphatic hydroxyl groups excluding tert-OH is 1. The van der Waals surface area contributed by atoms with Gasteiger partial charge in [-0.3, -0.25) is 0 Å². The fraction of sp³-hybridized carbons (Fsp3) is 0.778. The van der Waals surface area contributed by atoms with E-state index in [1.807, 2.05) is 0 Å². The summed E-state index contributed by atoms with van der Waals surface area (Å²) >= 11 is 0. The first-order valence-electron chi connectivity index (χ1n) is 4.07. The second kappa shape index (κ2) is 1.85. The minimum atomic E-state index is 0.185. The van der Waals surface area contributed by atoms with Crippen LogP contribution in [0.1, 0.15) is 19.8 Å². The molecule has 2 bridgehead atoms. The van der Waals surface area contributed by atoms with Gasteiger partial charge in [-0.1, -0.05) is 19.1 Å². The summed E-state index contributed by atoms with van der Waals surface area (Å²) in [7, 11) is 0. The van der Waals surface area contributed by atoms with Crippen molar-refractivity contribution in [1.82, 2.24) is 0 Å². The van der Waals surface area contributed by atoms with Crippen LogP contribution in [-0.2, 0) is 0 Å². The van der Waals surface area contributed by atoms with Gasteiger partial charge in [0.1, 0.15) is 0 Å². The van der Waals surface area contributed by atoms with Gasteiger partial charge in [-0.2, -0.15) is 0 Å². The summed E-state index contributed by atoms with van der Waals surface area (Å²) < 4.78 is 0.